The summed E-state index contributed by atoms with van der Waals surface area (Å²) in [6, 6.07) is 17.5. The van der Waals surface area contributed by atoms with E-state index in [-0.39, 0.29) is 17.7 Å². The minimum Gasteiger partial charge on any atom is -0.496 e. The standard InChI is InChI=1S/C21H23N3O3S/c1-15(2)24(13-16-9-5-4-6-10-16)19(25)14-28-21-23-22-20(27-21)17-11-7-8-12-18(17)26-3/h4-12,15H,13-14H2,1-3H3. The maximum atomic E-state index is 12.7. The van der Waals surface area contributed by atoms with Gasteiger partial charge in [-0.2, -0.15) is 0 Å². The first kappa shape index (κ1) is 19.9. The Morgan fingerprint density at radius 2 is 1.82 bits per heavy atom. The Bertz CT molecular complexity index is 912. The Kier molecular flexibility index (Phi) is 6.71. The van der Waals surface area contributed by atoms with E-state index in [2.05, 4.69) is 10.2 Å². The van der Waals surface area contributed by atoms with E-state index in [1.807, 2.05) is 73.3 Å². The van der Waals surface area contributed by atoms with Crippen LogP contribution >= 0.6 is 11.8 Å². The number of nitrogens with zero attached hydrogens (tertiary/aromatic N) is 3. The average molecular weight is 398 g/mol. The zero-order valence-corrected chi connectivity index (χ0v) is 17.0. The molecule has 0 aliphatic heterocycles. The fraction of sp³-hybridized carbons (Fsp3) is 0.286. The maximum Gasteiger partial charge on any atom is 0.277 e. The Balaban J connectivity index is 1.64. The van der Waals surface area contributed by atoms with Crippen molar-refractivity contribution in [3.8, 4) is 17.2 Å². The summed E-state index contributed by atoms with van der Waals surface area (Å²) in [5.74, 6) is 1.30. The third-order valence-corrected chi connectivity index (χ3v) is 5.01. The third kappa shape index (κ3) is 4.92. The zero-order chi connectivity index (χ0) is 19.9. The maximum absolute atomic E-state index is 12.7. The summed E-state index contributed by atoms with van der Waals surface area (Å²) < 4.78 is 11.0. The fourth-order valence-electron chi connectivity index (χ4n) is 2.74. The quantitative estimate of drug-likeness (QED) is 0.529. The Hall–Kier alpha value is -2.80. The zero-order valence-electron chi connectivity index (χ0n) is 16.2. The van der Waals surface area contributed by atoms with E-state index >= 15 is 0 Å². The normalized spacial score (nSPS) is 10.9. The van der Waals surface area contributed by atoms with Crippen LogP contribution in [-0.2, 0) is 11.3 Å². The molecule has 0 spiro atoms. The van der Waals surface area contributed by atoms with Gasteiger partial charge in [-0.3, -0.25) is 4.79 Å². The van der Waals surface area contributed by atoms with E-state index in [1.165, 1.54) is 11.8 Å². The van der Waals surface area contributed by atoms with Crippen LogP contribution < -0.4 is 4.74 Å². The smallest absolute Gasteiger partial charge is 0.277 e. The van der Waals surface area contributed by atoms with Gasteiger partial charge in [-0.15, -0.1) is 10.2 Å². The van der Waals surface area contributed by atoms with Gasteiger partial charge in [0.1, 0.15) is 5.75 Å². The molecule has 7 heteroatoms. The van der Waals surface area contributed by atoms with E-state index in [4.69, 9.17) is 9.15 Å². The second kappa shape index (κ2) is 9.41. The van der Waals surface area contributed by atoms with Gasteiger partial charge in [0.15, 0.2) is 0 Å². The van der Waals surface area contributed by atoms with Crippen molar-refractivity contribution in [3.63, 3.8) is 0 Å². The number of amides is 1. The van der Waals surface area contributed by atoms with Crippen molar-refractivity contribution < 1.29 is 13.9 Å². The highest BCUT2D eigenvalue weighted by Gasteiger charge is 2.19. The van der Waals surface area contributed by atoms with Gasteiger partial charge in [-0.05, 0) is 31.5 Å². The molecule has 0 aliphatic carbocycles. The molecule has 0 unspecified atom stereocenters. The lowest BCUT2D eigenvalue weighted by Gasteiger charge is -2.26. The van der Waals surface area contributed by atoms with Gasteiger partial charge in [0, 0.05) is 12.6 Å². The van der Waals surface area contributed by atoms with Crippen molar-refractivity contribution in [1.29, 1.82) is 0 Å². The summed E-state index contributed by atoms with van der Waals surface area (Å²) in [5.41, 5.74) is 1.83. The molecule has 146 valence electrons. The number of ether oxygens (including phenoxy) is 1. The fourth-order valence-corrected chi connectivity index (χ4v) is 3.39. The number of benzene rings is 2. The summed E-state index contributed by atoms with van der Waals surface area (Å²) in [6.07, 6.45) is 0. The van der Waals surface area contributed by atoms with Gasteiger partial charge in [0.2, 0.25) is 5.91 Å². The minimum absolute atomic E-state index is 0.0286. The monoisotopic (exact) mass is 397 g/mol. The molecule has 0 bridgehead atoms. The van der Waals surface area contributed by atoms with Crippen LogP contribution in [0.1, 0.15) is 19.4 Å². The number of hydrogen-bond donors (Lipinski definition) is 0. The summed E-state index contributed by atoms with van der Waals surface area (Å²) in [6.45, 7) is 4.60. The Morgan fingerprint density at radius 1 is 1.11 bits per heavy atom. The van der Waals surface area contributed by atoms with Crippen LogP contribution in [0.2, 0.25) is 0 Å². The lowest BCUT2D eigenvalue weighted by molar-refractivity contribution is -0.130. The van der Waals surface area contributed by atoms with Crippen LogP contribution in [-0.4, -0.2) is 39.9 Å². The lowest BCUT2D eigenvalue weighted by atomic mass is 10.2. The van der Waals surface area contributed by atoms with Crippen molar-refractivity contribution in [2.75, 3.05) is 12.9 Å². The van der Waals surface area contributed by atoms with Gasteiger partial charge in [0.05, 0.1) is 18.4 Å². The van der Waals surface area contributed by atoms with E-state index in [1.54, 1.807) is 7.11 Å². The van der Waals surface area contributed by atoms with Crippen molar-refractivity contribution in [3.05, 3.63) is 60.2 Å². The number of carbonyl (C=O) groups is 1. The molecule has 0 atom stereocenters. The first-order valence-electron chi connectivity index (χ1n) is 9.01. The number of rotatable bonds is 8. The summed E-state index contributed by atoms with van der Waals surface area (Å²) >= 11 is 1.24. The van der Waals surface area contributed by atoms with Crippen LogP contribution in [0.15, 0.2) is 64.2 Å². The molecule has 28 heavy (non-hydrogen) atoms. The van der Waals surface area contributed by atoms with Crippen molar-refractivity contribution in [2.24, 2.45) is 0 Å². The van der Waals surface area contributed by atoms with Crippen molar-refractivity contribution in [2.45, 2.75) is 31.7 Å². The highest BCUT2D eigenvalue weighted by molar-refractivity contribution is 7.99. The predicted octanol–water partition coefficient (Wildman–Crippen LogP) is 4.27. The molecule has 0 saturated heterocycles. The number of methoxy groups -OCH3 is 1. The highest BCUT2D eigenvalue weighted by atomic mass is 32.2. The Morgan fingerprint density at radius 3 is 2.54 bits per heavy atom. The van der Waals surface area contributed by atoms with Gasteiger partial charge in [-0.1, -0.05) is 54.2 Å². The molecular formula is C21H23N3O3S. The summed E-state index contributed by atoms with van der Waals surface area (Å²) in [7, 11) is 1.59. The molecule has 0 N–H and O–H groups in total. The second-order valence-electron chi connectivity index (χ2n) is 6.46. The van der Waals surface area contributed by atoms with E-state index in [0.29, 0.717) is 23.4 Å². The molecule has 6 nitrogen and oxygen atoms in total. The molecule has 1 aromatic heterocycles. The third-order valence-electron chi connectivity index (χ3n) is 4.20. The minimum atomic E-state index is 0.0286. The van der Waals surface area contributed by atoms with Crippen molar-refractivity contribution >= 4 is 17.7 Å². The summed E-state index contributed by atoms with van der Waals surface area (Å²) in [4.78, 5) is 14.6. The number of aromatic nitrogens is 2. The van der Waals surface area contributed by atoms with E-state index in [9.17, 15) is 4.79 Å². The van der Waals surface area contributed by atoms with E-state index in [0.717, 1.165) is 11.1 Å². The first-order chi connectivity index (χ1) is 13.6. The average Bonchev–Trinajstić information content (AvgIpc) is 3.19. The largest absolute Gasteiger partial charge is 0.496 e. The Labute approximate surface area is 168 Å². The molecule has 0 radical (unpaired) electrons. The molecule has 1 heterocycles. The van der Waals surface area contributed by atoms with Crippen LogP contribution in [0.4, 0.5) is 0 Å². The molecule has 0 saturated carbocycles. The topological polar surface area (TPSA) is 68.5 Å². The van der Waals surface area contributed by atoms with Crippen LogP contribution in [0, 0.1) is 0 Å². The van der Waals surface area contributed by atoms with Crippen LogP contribution in [0.5, 0.6) is 5.75 Å². The van der Waals surface area contributed by atoms with Crippen molar-refractivity contribution in [1.82, 2.24) is 15.1 Å². The molecule has 3 aromatic rings. The molecule has 3 rings (SSSR count). The lowest BCUT2D eigenvalue weighted by Crippen LogP contribution is -2.37. The van der Waals surface area contributed by atoms with Gasteiger partial charge >= 0.3 is 0 Å². The van der Waals surface area contributed by atoms with Crippen LogP contribution in [0.25, 0.3) is 11.5 Å². The second-order valence-corrected chi connectivity index (χ2v) is 7.39. The molecular weight excluding hydrogens is 374 g/mol. The molecule has 1 amide bonds. The van der Waals surface area contributed by atoms with Gasteiger partial charge in [0.25, 0.3) is 11.1 Å². The predicted molar refractivity (Wildman–Crippen MR) is 109 cm³/mol. The molecule has 0 fully saturated rings. The molecule has 0 aliphatic rings. The van der Waals surface area contributed by atoms with Gasteiger partial charge in [-0.25, -0.2) is 0 Å². The van der Waals surface area contributed by atoms with Gasteiger partial charge < -0.3 is 14.1 Å². The number of hydrogen-bond acceptors (Lipinski definition) is 6. The van der Waals surface area contributed by atoms with E-state index < -0.39 is 0 Å². The van der Waals surface area contributed by atoms with Crippen LogP contribution in [0.3, 0.4) is 0 Å². The molecule has 2 aromatic carbocycles. The highest BCUT2D eigenvalue weighted by Crippen LogP contribution is 2.30. The number of para-hydroxylation sites is 1. The number of thioether (sulfide) groups is 1. The number of carbonyl (C=O) groups excluding carboxylic acids is 1. The first-order valence-corrected chi connectivity index (χ1v) is 10.00. The summed E-state index contributed by atoms with van der Waals surface area (Å²) in [5, 5.41) is 8.49. The SMILES string of the molecule is COc1ccccc1-c1nnc(SCC(=O)N(Cc2ccccc2)C(C)C)o1.